The molecule has 0 aromatic rings. The fraction of sp³-hybridized carbons (Fsp3) is 0.958. The number of carbonyl (C=O) groups is 1. The van der Waals surface area contributed by atoms with Crippen LogP contribution in [0.25, 0.3) is 0 Å². The van der Waals surface area contributed by atoms with Crippen LogP contribution < -0.4 is 0 Å². The lowest BCUT2D eigenvalue weighted by Crippen LogP contribution is -2.33. The van der Waals surface area contributed by atoms with Gasteiger partial charge in [0.15, 0.2) is 0 Å². The number of unbranched alkanes of at least 4 members (excludes halogenated alkanes) is 11. The molecule has 0 aliphatic rings. The molecule has 0 bridgehead atoms. The molecule has 28 heavy (non-hydrogen) atoms. The molecule has 0 aromatic heterocycles. The maximum absolute atomic E-state index is 12.3. The lowest BCUT2D eigenvalue weighted by Gasteiger charge is -2.22. The van der Waals surface area contributed by atoms with Gasteiger partial charge in [-0.1, -0.05) is 90.9 Å². The topological polar surface area (TPSA) is 60.8 Å². The molecule has 0 spiro atoms. The normalized spacial score (nSPS) is 11.3. The van der Waals surface area contributed by atoms with Gasteiger partial charge in [-0.15, -0.1) is 0 Å². The second-order valence-electron chi connectivity index (χ2n) is 8.71. The van der Waals surface area contributed by atoms with Crippen LogP contribution in [0.15, 0.2) is 0 Å². The first-order valence-electron chi connectivity index (χ1n) is 12.1. The van der Waals surface area contributed by atoms with Crippen LogP contribution >= 0.6 is 0 Å². The molecule has 0 aliphatic heterocycles. The number of nitrogens with zero attached hydrogens (tertiary/aromatic N) is 1. The minimum atomic E-state index is 0.112. The standard InChI is InChI=1S/C24H49NO3/c1-23(2)17-13-11-9-7-5-3-4-6-8-10-12-14-18-24(28)25(19-15-21-26)20-16-22-27/h23,26-27H,3-22H2,1-2H3. The van der Waals surface area contributed by atoms with Gasteiger partial charge in [0.1, 0.15) is 0 Å². The number of aliphatic hydroxyl groups is 2. The summed E-state index contributed by atoms with van der Waals surface area (Å²) in [6, 6.07) is 0. The van der Waals surface area contributed by atoms with Crippen molar-refractivity contribution in [1.82, 2.24) is 4.90 Å². The Balaban J connectivity index is 3.44. The van der Waals surface area contributed by atoms with E-state index in [4.69, 9.17) is 10.2 Å². The van der Waals surface area contributed by atoms with Crippen LogP contribution in [-0.4, -0.2) is 47.3 Å². The Morgan fingerprint density at radius 1 is 0.643 bits per heavy atom. The Hall–Kier alpha value is -0.610. The Labute approximate surface area is 175 Å². The average molecular weight is 400 g/mol. The summed E-state index contributed by atoms with van der Waals surface area (Å²) in [5.74, 6) is 1.03. The molecular weight excluding hydrogens is 350 g/mol. The Morgan fingerprint density at radius 3 is 1.43 bits per heavy atom. The summed E-state index contributed by atoms with van der Waals surface area (Å²) >= 11 is 0. The monoisotopic (exact) mass is 399 g/mol. The van der Waals surface area contributed by atoms with E-state index in [1.807, 2.05) is 0 Å². The zero-order valence-electron chi connectivity index (χ0n) is 19.0. The molecule has 0 fully saturated rings. The van der Waals surface area contributed by atoms with Crippen LogP contribution in [0.2, 0.25) is 0 Å². The van der Waals surface area contributed by atoms with E-state index in [1.54, 1.807) is 4.90 Å². The fourth-order valence-electron chi connectivity index (χ4n) is 3.64. The molecule has 4 heteroatoms. The first-order chi connectivity index (χ1) is 13.6. The number of amides is 1. The Morgan fingerprint density at radius 2 is 1.04 bits per heavy atom. The minimum absolute atomic E-state index is 0.112. The highest BCUT2D eigenvalue weighted by atomic mass is 16.3. The van der Waals surface area contributed by atoms with Gasteiger partial charge in [-0.05, 0) is 25.2 Å². The number of aliphatic hydroxyl groups excluding tert-OH is 2. The van der Waals surface area contributed by atoms with Gasteiger partial charge in [-0.25, -0.2) is 0 Å². The van der Waals surface area contributed by atoms with Crippen LogP contribution in [-0.2, 0) is 4.79 Å². The van der Waals surface area contributed by atoms with E-state index in [-0.39, 0.29) is 19.1 Å². The summed E-state index contributed by atoms with van der Waals surface area (Å²) < 4.78 is 0. The summed E-state index contributed by atoms with van der Waals surface area (Å²) in [6.45, 7) is 6.05. The lowest BCUT2D eigenvalue weighted by atomic mass is 10.0. The molecule has 4 nitrogen and oxygen atoms in total. The van der Waals surface area contributed by atoms with Crippen LogP contribution in [0.3, 0.4) is 0 Å². The molecule has 168 valence electrons. The van der Waals surface area contributed by atoms with Crippen LogP contribution in [0.1, 0.15) is 117 Å². The van der Waals surface area contributed by atoms with Crippen molar-refractivity contribution in [3.8, 4) is 0 Å². The third-order valence-corrected chi connectivity index (χ3v) is 5.45. The third kappa shape index (κ3) is 18.7. The predicted molar refractivity (Wildman–Crippen MR) is 119 cm³/mol. The highest BCUT2D eigenvalue weighted by Crippen LogP contribution is 2.14. The van der Waals surface area contributed by atoms with E-state index in [1.165, 1.54) is 70.6 Å². The number of hydrogen-bond acceptors (Lipinski definition) is 3. The molecular formula is C24H49NO3. The summed E-state index contributed by atoms with van der Waals surface area (Å²) in [7, 11) is 0. The van der Waals surface area contributed by atoms with Crippen molar-refractivity contribution in [2.75, 3.05) is 26.3 Å². The zero-order valence-corrected chi connectivity index (χ0v) is 19.0. The second-order valence-corrected chi connectivity index (χ2v) is 8.71. The molecule has 0 saturated carbocycles. The minimum Gasteiger partial charge on any atom is -0.396 e. The van der Waals surface area contributed by atoms with Crippen molar-refractivity contribution in [3.05, 3.63) is 0 Å². The maximum Gasteiger partial charge on any atom is 0.222 e. The van der Waals surface area contributed by atoms with Gasteiger partial charge in [0.05, 0.1) is 0 Å². The Bertz CT molecular complexity index is 326. The van der Waals surface area contributed by atoms with E-state index >= 15 is 0 Å². The van der Waals surface area contributed by atoms with Crippen molar-refractivity contribution in [1.29, 1.82) is 0 Å². The molecule has 0 radical (unpaired) electrons. The smallest absolute Gasteiger partial charge is 0.222 e. The highest BCUT2D eigenvalue weighted by molar-refractivity contribution is 5.76. The zero-order chi connectivity index (χ0) is 20.9. The van der Waals surface area contributed by atoms with Crippen LogP contribution in [0, 0.1) is 5.92 Å². The largest absolute Gasteiger partial charge is 0.396 e. The molecule has 0 atom stereocenters. The average Bonchev–Trinajstić information content (AvgIpc) is 2.68. The van der Waals surface area contributed by atoms with Gasteiger partial charge in [-0.3, -0.25) is 4.79 Å². The predicted octanol–water partition coefficient (Wildman–Crippen LogP) is 5.70. The number of rotatable bonds is 21. The third-order valence-electron chi connectivity index (χ3n) is 5.45. The van der Waals surface area contributed by atoms with Gasteiger partial charge in [0, 0.05) is 32.7 Å². The SMILES string of the molecule is CC(C)CCCCCCCCCCCCCCC(=O)N(CCCO)CCCO. The molecule has 0 unspecified atom stereocenters. The number of carbonyl (C=O) groups excluding carboxylic acids is 1. The van der Waals surface area contributed by atoms with Crippen LogP contribution in [0.5, 0.6) is 0 Å². The maximum atomic E-state index is 12.3. The molecule has 0 aromatic carbocycles. The quantitative estimate of drug-likeness (QED) is 0.243. The van der Waals surface area contributed by atoms with Crippen molar-refractivity contribution in [2.45, 2.75) is 117 Å². The van der Waals surface area contributed by atoms with Gasteiger partial charge >= 0.3 is 0 Å². The highest BCUT2D eigenvalue weighted by Gasteiger charge is 2.12. The van der Waals surface area contributed by atoms with Crippen molar-refractivity contribution < 1.29 is 15.0 Å². The number of hydrogen-bond donors (Lipinski definition) is 2. The van der Waals surface area contributed by atoms with Crippen LogP contribution in [0.4, 0.5) is 0 Å². The lowest BCUT2D eigenvalue weighted by molar-refractivity contribution is -0.131. The molecule has 0 rings (SSSR count). The van der Waals surface area contributed by atoms with E-state index < -0.39 is 0 Å². The van der Waals surface area contributed by atoms with Crippen molar-refractivity contribution in [3.63, 3.8) is 0 Å². The van der Waals surface area contributed by atoms with Gasteiger partial charge < -0.3 is 15.1 Å². The fourth-order valence-corrected chi connectivity index (χ4v) is 3.64. The van der Waals surface area contributed by atoms with E-state index in [0.29, 0.717) is 32.4 Å². The summed E-state index contributed by atoms with van der Waals surface area (Å²) in [6.07, 6.45) is 19.0. The summed E-state index contributed by atoms with van der Waals surface area (Å²) in [4.78, 5) is 14.1. The van der Waals surface area contributed by atoms with Crippen molar-refractivity contribution >= 4 is 5.91 Å². The van der Waals surface area contributed by atoms with Gasteiger partial charge in [0.2, 0.25) is 5.91 Å². The van der Waals surface area contributed by atoms with Crippen molar-refractivity contribution in [2.24, 2.45) is 5.92 Å². The van der Waals surface area contributed by atoms with Gasteiger partial charge in [0.25, 0.3) is 0 Å². The van der Waals surface area contributed by atoms with E-state index in [2.05, 4.69) is 13.8 Å². The Kier molecular flexibility index (Phi) is 20.6. The second kappa shape index (κ2) is 21.1. The van der Waals surface area contributed by atoms with E-state index in [0.717, 1.165) is 18.8 Å². The molecule has 1 amide bonds. The molecule has 0 aliphatic carbocycles. The first kappa shape index (κ1) is 27.4. The molecule has 2 N–H and O–H groups in total. The van der Waals surface area contributed by atoms with Gasteiger partial charge in [-0.2, -0.15) is 0 Å². The summed E-state index contributed by atoms with van der Waals surface area (Å²) in [5.41, 5.74) is 0. The molecule has 0 saturated heterocycles. The molecule has 0 heterocycles. The van der Waals surface area contributed by atoms with E-state index in [9.17, 15) is 4.79 Å². The summed E-state index contributed by atoms with van der Waals surface area (Å²) in [5, 5.41) is 17.9. The first-order valence-corrected chi connectivity index (χ1v) is 12.1.